The molecule has 0 unspecified atom stereocenters. The van der Waals surface area contributed by atoms with E-state index in [0.29, 0.717) is 0 Å². The second kappa shape index (κ2) is 4.87. The van der Waals surface area contributed by atoms with Crippen LogP contribution in [0.15, 0.2) is 60.7 Å². The van der Waals surface area contributed by atoms with Crippen LogP contribution in [0.1, 0.15) is 4.88 Å². The van der Waals surface area contributed by atoms with Crippen LogP contribution in [0.3, 0.4) is 0 Å². The minimum Gasteiger partial charge on any atom is -0.138 e. The normalized spacial score (nSPS) is 11.3. The van der Waals surface area contributed by atoms with E-state index in [4.69, 9.17) is 11.6 Å². The van der Waals surface area contributed by atoms with Crippen molar-refractivity contribution in [2.24, 2.45) is 0 Å². The summed E-state index contributed by atoms with van der Waals surface area (Å²) in [4.78, 5) is 1.31. The van der Waals surface area contributed by atoms with Crippen LogP contribution in [0.2, 0.25) is 5.02 Å². The third kappa shape index (κ3) is 2.05. The quantitative estimate of drug-likeness (QED) is 0.368. The molecule has 21 heavy (non-hydrogen) atoms. The molecule has 0 aliphatic rings. The predicted octanol–water partition coefficient (Wildman–Crippen LogP) is 6.68. The Morgan fingerprint density at radius 1 is 0.857 bits per heavy atom. The summed E-state index contributed by atoms with van der Waals surface area (Å²) in [6, 6.07) is 21.3. The number of fused-ring (bicyclic) bond motifs is 2. The Morgan fingerprint density at radius 3 is 2.52 bits per heavy atom. The number of thiophene rings is 1. The van der Waals surface area contributed by atoms with Gasteiger partial charge in [0.05, 0.1) is 9.72 Å². The molecule has 0 fully saturated rings. The van der Waals surface area contributed by atoms with Crippen molar-refractivity contribution in [3.63, 3.8) is 0 Å². The summed E-state index contributed by atoms with van der Waals surface area (Å²) in [7, 11) is 0. The van der Waals surface area contributed by atoms with Gasteiger partial charge in [0.1, 0.15) is 0 Å². The molecule has 4 rings (SSSR count). The average Bonchev–Trinajstić information content (AvgIpc) is 2.84. The number of benzene rings is 3. The van der Waals surface area contributed by atoms with Gasteiger partial charge in [-0.15, -0.1) is 11.3 Å². The molecular formula is C19H13ClS. The Bertz CT molecular complexity index is 966. The highest BCUT2D eigenvalue weighted by Gasteiger charge is 2.13. The molecule has 0 aliphatic carbocycles. The lowest BCUT2D eigenvalue weighted by Crippen LogP contribution is -1.80. The highest BCUT2D eigenvalue weighted by atomic mass is 35.5. The average molecular weight is 309 g/mol. The maximum Gasteiger partial charge on any atom is 0.0584 e. The first-order valence-electron chi connectivity index (χ1n) is 6.91. The fourth-order valence-corrected chi connectivity index (χ4v) is 4.28. The van der Waals surface area contributed by atoms with Crippen molar-refractivity contribution in [3.8, 4) is 11.1 Å². The van der Waals surface area contributed by atoms with Gasteiger partial charge in [0.15, 0.2) is 0 Å². The molecule has 0 spiro atoms. The monoisotopic (exact) mass is 308 g/mol. The topological polar surface area (TPSA) is 0 Å². The molecule has 0 bridgehead atoms. The molecule has 1 aromatic heterocycles. The molecule has 0 amide bonds. The van der Waals surface area contributed by atoms with Crippen LogP contribution >= 0.6 is 22.9 Å². The van der Waals surface area contributed by atoms with Crippen LogP contribution in [-0.2, 0) is 0 Å². The molecular weight excluding hydrogens is 296 g/mol. The zero-order valence-corrected chi connectivity index (χ0v) is 13.1. The Morgan fingerprint density at radius 2 is 1.67 bits per heavy atom. The molecule has 102 valence electrons. The first-order chi connectivity index (χ1) is 10.2. The zero-order chi connectivity index (χ0) is 14.4. The van der Waals surface area contributed by atoms with E-state index in [9.17, 15) is 0 Å². The number of aryl methyl sites for hydroxylation is 1. The summed E-state index contributed by atoms with van der Waals surface area (Å²) in [6.07, 6.45) is 0. The van der Waals surface area contributed by atoms with E-state index in [0.717, 1.165) is 5.02 Å². The molecule has 0 radical (unpaired) electrons. The second-order valence-electron chi connectivity index (χ2n) is 5.21. The molecule has 1 heterocycles. The minimum absolute atomic E-state index is 0.840. The van der Waals surface area contributed by atoms with Crippen LogP contribution in [0, 0.1) is 6.92 Å². The molecule has 2 heteroatoms. The van der Waals surface area contributed by atoms with Crippen molar-refractivity contribution in [1.82, 2.24) is 0 Å². The number of halogens is 1. The summed E-state index contributed by atoms with van der Waals surface area (Å²) >= 11 is 8.11. The van der Waals surface area contributed by atoms with E-state index in [1.165, 1.54) is 36.9 Å². The van der Waals surface area contributed by atoms with Crippen molar-refractivity contribution < 1.29 is 0 Å². The summed E-state index contributed by atoms with van der Waals surface area (Å²) in [6.45, 7) is 2.17. The van der Waals surface area contributed by atoms with E-state index in [1.54, 1.807) is 11.3 Å². The van der Waals surface area contributed by atoms with Crippen molar-refractivity contribution in [2.75, 3.05) is 0 Å². The number of rotatable bonds is 1. The lowest BCUT2D eigenvalue weighted by Gasteiger charge is -2.05. The molecule has 4 aromatic rings. The van der Waals surface area contributed by atoms with E-state index in [2.05, 4.69) is 55.5 Å². The van der Waals surface area contributed by atoms with Crippen LogP contribution in [0.4, 0.5) is 0 Å². The first-order valence-corrected chi connectivity index (χ1v) is 8.10. The Hall–Kier alpha value is -1.83. The van der Waals surface area contributed by atoms with Crippen molar-refractivity contribution in [1.29, 1.82) is 0 Å². The molecule has 0 atom stereocenters. The smallest absolute Gasteiger partial charge is 0.0584 e. The van der Waals surface area contributed by atoms with Crippen molar-refractivity contribution in [3.05, 3.63) is 70.6 Å². The van der Waals surface area contributed by atoms with Gasteiger partial charge in [-0.25, -0.2) is 0 Å². The van der Waals surface area contributed by atoms with Gasteiger partial charge in [0.2, 0.25) is 0 Å². The minimum atomic E-state index is 0.840. The molecule has 0 saturated heterocycles. The Labute approximate surface area is 132 Å². The molecule has 0 N–H and O–H groups in total. The van der Waals surface area contributed by atoms with Gasteiger partial charge in [0.25, 0.3) is 0 Å². The summed E-state index contributed by atoms with van der Waals surface area (Å²) < 4.78 is 1.18. The standard InChI is InChI=1S/C19H13ClS/c1-12-18(16-7-4-8-17(20)19(16)21-12)15-10-9-13-5-2-3-6-14(13)11-15/h2-11H,1H3. The van der Waals surface area contributed by atoms with Gasteiger partial charge in [-0.3, -0.25) is 0 Å². The summed E-state index contributed by atoms with van der Waals surface area (Å²) in [5, 5.41) is 4.64. The second-order valence-corrected chi connectivity index (χ2v) is 6.84. The number of hydrogen-bond donors (Lipinski definition) is 0. The summed E-state index contributed by atoms with van der Waals surface area (Å²) in [5.41, 5.74) is 2.57. The highest BCUT2D eigenvalue weighted by molar-refractivity contribution is 7.20. The largest absolute Gasteiger partial charge is 0.138 e. The first kappa shape index (κ1) is 12.9. The van der Waals surface area contributed by atoms with Crippen LogP contribution in [0.5, 0.6) is 0 Å². The summed E-state index contributed by atoms with van der Waals surface area (Å²) in [5.74, 6) is 0. The lowest BCUT2D eigenvalue weighted by molar-refractivity contribution is 1.61. The van der Waals surface area contributed by atoms with E-state index in [-0.39, 0.29) is 0 Å². The molecule has 0 nitrogen and oxygen atoms in total. The van der Waals surface area contributed by atoms with Crippen LogP contribution in [0.25, 0.3) is 32.0 Å². The van der Waals surface area contributed by atoms with Gasteiger partial charge >= 0.3 is 0 Å². The van der Waals surface area contributed by atoms with E-state index >= 15 is 0 Å². The molecule has 0 saturated carbocycles. The maximum atomic E-state index is 6.34. The van der Waals surface area contributed by atoms with Gasteiger partial charge in [-0.1, -0.05) is 60.1 Å². The third-order valence-corrected chi connectivity index (χ3v) is 5.46. The highest BCUT2D eigenvalue weighted by Crippen LogP contribution is 2.41. The maximum absolute atomic E-state index is 6.34. The van der Waals surface area contributed by atoms with Crippen LogP contribution < -0.4 is 0 Å². The third-order valence-electron chi connectivity index (χ3n) is 3.88. The predicted molar refractivity (Wildman–Crippen MR) is 94.5 cm³/mol. The Kier molecular flexibility index (Phi) is 2.99. The van der Waals surface area contributed by atoms with Crippen molar-refractivity contribution in [2.45, 2.75) is 6.92 Å². The van der Waals surface area contributed by atoms with Gasteiger partial charge < -0.3 is 0 Å². The van der Waals surface area contributed by atoms with E-state index in [1.807, 2.05) is 12.1 Å². The van der Waals surface area contributed by atoms with Crippen molar-refractivity contribution >= 4 is 43.8 Å². The molecule has 3 aromatic carbocycles. The number of hydrogen-bond acceptors (Lipinski definition) is 1. The van der Waals surface area contributed by atoms with Gasteiger partial charge in [-0.2, -0.15) is 0 Å². The SMILES string of the molecule is Cc1sc2c(Cl)cccc2c1-c1ccc2ccccc2c1. The van der Waals surface area contributed by atoms with Gasteiger partial charge in [0, 0.05) is 15.8 Å². The van der Waals surface area contributed by atoms with Crippen LogP contribution in [-0.4, -0.2) is 0 Å². The van der Waals surface area contributed by atoms with Gasteiger partial charge in [-0.05, 0) is 35.4 Å². The molecule has 0 aliphatic heterocycles. The Balaban J connectivity index is 2.04. The van der Waals surface area contributed by atoms with E-state index < -0.39 is 0 Å². The zero-order valence-electron chi connectivity index (χ0n) is 11.6. The fourth-order valence-electron chi connectivity index (χ4n) is 2.91. The fraction of sp³-hybridized carbons (Fsp3) is 0.0526. The lowest BCUT2D eigenvalue weighted by atomic mass is 9.99.